The van der Waals surface area contributed by atoms with E-state index in [1.807, 2.05) is 18.2 Å². The van der Waals surface area contributed by atoms with Gasteiger partial charge in [0, 0.05) is 50.2 Å². The fourth-order valence-corrected chi connectivity index (χ4v) is 4.26. The van der Waals surface area contributed by atoms with Gasteiger partial charge in [-0.2, -0.15) is 0 Å². The minimum absolute atomic E-state index is 0.532. The second kappa shape index (κ2) is 7.39. The first-order valence-corrected chi connectivity index (χ1v) is 10.1. The van der Waals surface area contributed by atoms with Gasteiger partial charge in [0.25, 0.3) is 0 Å². The Hall–Kier alpha value is -2.67. The lowest BCUT2D eigenvalue weighted by Gasteiger charge is -2.39. The second-order valence-corrected chi connectivity index (χ2v) is 7.76. The molecule has 7 heteroatoms. The first-order valence-electron chi connectivity index (χ1n) is 10.1. The number of hydrogen-bond donors (Lipinski definition) is 0. The van der Waals surface area contributed by atoms with Gasteiger partial charge >= 0.3 is 0 Å². The number of imidazole rings is 1. The van der Waals surface area contributed by atoms with E-state index in [0.717, 1.165) is 49.6 Å². The lowest BCUT2D eigenvalue weighted by molar-refractivity contribution is 0.198. The number of methoxy groups -OCH3 is 1. The molecule has 7 nitrogen and oxygen atoms in total. The number of rotatable bonds is 6. The molecular formula is C21H26N6O. The number of ether oxygens (including phenoxy) is 1. The average molecular weight is 378 g/mol. The Labute approximate surface area is 165 Å². The van der Waals surface area contributed by atoms with Crippen LogP contribution in [0.2, 0.25) is 0 Å². The van der Waals surface area contributed by atoms with Crippen molar-refractivity contribution in [3.05, 3.63) is 48.7 Å². The summed E-state index contributed by atoms with van der Waals surface area (Å²) in [5, 5.41) is 0. The molecule has 2 aliphatic rings. The molecule has 0 aromatic carbocycles. The van der Waals surface area contributed by atoms with Crippen molar-refractivity contribution in [3.8, 4) is 5.88 Å². The van der Waals surface area contributed by atoms with Gasteiger partial charge in [0.1, 0.15) is 17.8 Å². The normalized spacial score (nSPS) is 18.5. The molecule has 1 saturated heterocycles. The van der Waals surface area contributed by atoms with E-state index in [1.54, 1.807) is 13.4 Å². The zero-order valence-corrected chi connectivity index (χ0v) is 16.2. The van der Waals surface area contributed by atoms with Crippen LogP contribution in [-0.2, 0) is 6.54 Å². The Morgan fingerprint density at radius 2 is 1.93 bits per heavy atom. The predicted octanol–water partition coefficient (Wildman–Crippen LogP) is 2.77. The van der Waals surface area contributed by atoms with Crippen LogP contribution >= 0.6 is 0 Å². The van der Waals surface area contributed by atoms with Crippen molar-refractivity contribution in [1.29, 1.82) is 0 Å². The minimum Gasteiger partial charge on any atom is -0.481 e. The molecule has 0 spiro atoms. The molecule has 1 saturated carbocycles. The third-order valence-corrected chi connectivity index (χ3v) is 5.79. The van der Waals surface area contributed by atoms with Gasteiger partial charge in [0.2, 0.25) is 5.88 Å². The molecule has 3 aromatic heterocycles. The quantitative estimate of drug-likeness (QED) is 0.657. The molecule has 0 amide bonds. The monoisotopic (exact) mass is 378 g/mol. The van der Waals surface area contributed by atoms with Crippen LogP contribution in [0.25, 0.3) is 5.65 Å². The van der Waals surface area contributed by atoms with Crippen molar-refractivity contribution >= 4 is 11.5 Å². The minimum atomic E-state index is 0.532. The summed E-state index contributed by atoms with van der Waals surface area (Å²) in [7, 11) is 1.66. The smallest absolute Gasteiger partial charge is 0.218 e. The zero-order chi connectivity index (χ0) is 18.9. The summed E-state index contributed by atoms with van der Waals surface area (Å²) in [6, 6.07) is 9.25. The van der Waals surface area contributed by atoms with Crippen molar-refractivity contribution in [3.63, 3.8) is 0 Å². The Bertz CT molecular complexity index is 912. The summed E-state index contributed by atoms with van der Waals surface area (Å²) in [4.78, 5) is 18.5. The van der Waals surface area contributed by atoms with Gasteiger partial charge in [-0.25, -0.2) is 15.0 Å². The van der Waals surface area contributed by atoms with Gasteiger partial charge in [0.15, 0.2) is 0 Å². The summed E-state index contributed by atoms with van der Waals surface area (Å²) < 4.78 is 7.40. The summed E-state index contributed by atoms with van der Waals surface area (Å²) in [6.07, 6.45) is 10.6. The third kappa shape index (κ3) is 3.54. The molecule has 0 radical (unpaired) electrons. The molecule has 2 fully saturated rings. The molecule has 0 atom stereocenters. The number of likely N-dealkylation sites (tertiary alicyclic amines) is 1. The Kier molecular flexibility index (Phi) is 4.60. The predicted molar refractivity (Wildman–Crippen MR) is 108 cm³/mol. The van der Waals surface area contributed by atoms with E-state index in [2.05, 4.69) is 42.6 Å². The fourth-order valence-electron chi connectivity index (χ4n) is 4.26. The maximum Gasteiger partial charge on any atom is 0.218 e. The molecule has 0 unspecified atom stereocenters. The summed E-state index contributed by atoms with van der Waals surface area (Å²) >= 11 is 0. The van der Waals surface area contributed by atoms with Crippen molar-refractivity contribution in [2.24, 2.45) is 0 Å². The highest BCUT2D eigenvalue weighted by atomic mass is 16.5. The molecule has 3 aromatic rings. The van der Waals surface area contributed by atoms with E-state index in [9.17, 15) is 0 Å². The van der Waals surface area contributed by atoms with E-state index in [1.165, 1.54) is 12.8 Å². The first kappa shape index (κ1) is 17.4. The van der Waals surface area contributed by atoms with E-state index < -0.39 is 0 Å². The zero-order valence-electron chi connectivity index (χ0n) is 16.2. The maximum atomic E-state index is 5.31. The van der Waals surface area contributed by atoms with Crippen molar-refractivity contribution in [2.45, 2.75) is 44.3 Å². The fraction of sp³-hybridized carbons (Fsp3) is 0.476. The van der Waals surface area contributed by atoms with Crippen molar-refractivity contribution in [1.82, 2.24) is 24.3 Å². The van der Waals surface area contributed by atoms with Gasteiger partial charge < -0.3 is 14.0 Å². The summed E-state index contributed by atoms with van der Waals surface area (Å²) in [6.45, 7) is 3.09. The van der Waals surface area contributed by atoms with Crippen LogP contribution < -0.4 is 9.64 Å². The van der Waals surface area contributed by atoms with Gasteiger partial charge in [0.05, 0.1) is 12.8 Å². The van der Waals surface area contributed by atoms with E-state index in [0.29, 0.717) is 18.0 Å². The number of hydrogen-bond acceptors (Lipinski definition) is 6. The Morgan fingerprint density at radius 3 is 2.68 bits per heavy atom. The first-order chi connectivity index (χ1) is 13.8. The highest BCUT2D eigenvalue weighted by Gasteiger charge is 2.36. The lowest BCUT2D eigenvalue weighted by atomic mass is 10.0. The number of pyridine rings is 1. The Morgan fingerprint density at radius 1 is 1.11 bits per heavy atom. The van der Waals surface area contributed by atoms with Gasteiger partial charge in [-0.05, 0) is 37.8 Å². The molecule has 4 heterocycles. The van der Waals surface area contributed by atoms with Gasteiger partial charge in [-0.1, -0.05) is 6.07 Å². The van der Waals surface area contributed by atoms with E-state index >= 15 is 0 Å². The molecule has 0 N–H and O–H groups in total. The molecule has 0 bridgehead atoms. The Balaban J connectivity index is 1.25. The standard InChI is InChI=1S/C21H26N6O/c1-28-21-12-20(22-15-23-21)27(17-5-6-17)18-7-10-25(11-8-18)13-16-14-26-9-3-2-4-19(26)24-16/h2-4,9,12,14-15,17-18H,5-8,10-11,13H2,1H3. The van der Waals surface area contributed by atoms with Crippen LogP contribution in [0.15, 0.2) is 43.0 Å². The van der Waals surface area contributed by atoms with Crippen LogP contribution in [0.5, 0.6) is 5.88 Å². The third-order valence-electron chi connectivity index (χ3n) is 5.79. The van der Waals surface area contributed by atoms with Crippen LogP contribution in [0.3, 0.4) is 0 Å². The SMILES string of the molecule is COc1cc(N(C2CC2)C2CCN(Cc3cn4ccccc4n3)CC2)ncn1. The molecular weight excluding hydrogens is 352 g/mol. The number of aromatic nitrogens is 4. The largest absolute Gasteiger partial charge is 0.481 e. The molecule has 1 aliphatic carbocycles. The van der Waals surface area contributed by atoms with Crippen LogP contribution in [-0.4, -0.2) is 56.5 Å². The molecule has 5 rings (SSSR count). The van der Waals surface area contributed by atoms with Crippen molar-refractivity contribution < 1.29 is 4.74 Å². The van der Waals surface area contributed by atoms with E-state index in [-0.39, 0.29) is 0 Å². The van der Waals surface area contributed by atoms with Crippen molar-refractivity contribution in [2.75, 3.05) is 25.1 Å². The molecule has 28 heavy (non-hydrogen) atoms. The summed E-state index contributed by atoms with van der Waals surface area (Å²) in [5.41, 5.74) is 2.16. The van der Waals surface area contributed by atoms with Gasteiger partial charge in [-0.15, -0.1) is 0 Å². The molecule has 1 aliphatic heterocycles. The van der Waals surface area contributed by atoms with Crippen LogP contribution in [0.4, 0.5) is 5.82 Å². The average Bonchev–Trinajstić information content (AvgIpc) is 3.48. The lowest BCUT2D eigenvalue weighted by Crippen LogP contribution is -2.46. The topological polar surface area (TPSA) is 58.8 Å². The molecule has 146 valence electrons. The second-order valence-electron chi connectivity index (χ2n) is 7.76. The number of piperidine rings is 1. The van der Waals surface area contributed by atoms with Crippen LogP contribution in [0, 0.1) is 0 Å². The maximum absolute atomic E-state index is 5.31. The van der Waals surface area contributed by atoms with Gasteiger partial charge in [-0.3, -0.25) is 4.90 Å². The highest BCUT2D eigenvalue weighted by Crippen LogP contribution is 2.36. The number of fused-ring (bicyclic) bond motifs is 1. The number of nitrogens with zero attached hydrogens (tertiary/aromatic N) is 6. The number of anilines is 1. The van der Waals surface area contributed by atoms with Crippen LogP contribution in [0.1, 0.15) is 31.4 Å². The van der Waals surface area contributed by atoms with E-state index in [4.69, 9.17) is 9.72 Å². The highest BCUT2D eigenvalue weighted by molar-refractivity contribution is 5.45. The summed E-state index contributed by atoms with van der Waals surface area (Å²) in [5.74, 6) is 1.65.